The normalized spacial score (nSPS) is 15.2. The summed E-state index contributed by atoms with van der Waals surface area (Å²) in [6, 6.07) is 26.7. The number of carboxylic acid groups (broad SMARTS) is 6. The summed E-state index contributed by atoms with van der Waals surface area (Å²) in [7, 11) is 0. The molecule has 20 heteroatoms. The number of rotatable bonds is 16. The van der Waals surface area contributed by atoms with Gasteiger partial charge in [0, 0.05) is 95.4 Å². The summed E-state index contributed by atoms with van der Waals surface area (Å²) in [5.74, 6) is -5.77. The lowest BCUT2D eigenvalue weighted by molar-refractivity contribution is -0.138. The molecular formula is C45H52N4O16. The van der Waals surface area contributed by atoms with E-state index in [9.17, 15) is 33.6 Å². The van der Waals surface area contributed by atoms with Gasteiger partial charge in [-0.1, -0.05) is 66.7 Å². The Labute approximate surface area is 373 Å². The molecule has 1 unspecified atom stereocenters. The molecule has 3 heterocycles. The zero-order valence-corrected chi connectivity index (χ0v) is 35.2. The Morgan fingerprint density at radius 1 is 0.585 bits per heavy atom. The van der Waals surface area contributed by atoms with Crippen LogP contribution < -0.4 is 14.8 Å². The van der Waals surface area contributed by atoms with Crippen LogP contribution in [0.2, 0.25) is 0 Å². The zero-order chi connectivity index (χ0) is 47.6. The summed E-state index contributed by atoms with van der Waals surface area (Å²) in [5, 5.41) is 50.2. The SMILES string of the molecule is O=C(C(Cc1ccc2c(c1)OCO2)N1CCN(CCOC(c2ccccc2)c2ccccc2)CC1)N1CCNCC1.O=C(O)/C=C\C(=O)O.O=C(O)/C=C\C(=O)O.O=C(O)/C=C\C(=O)O. The highest BCUT2D eigenvalue weighted by molar-refractivity contribution is 5.90. The van der Waals surface area contributed by atoms with Crippen LogP contribution in [0.25, 0.3) is 0 Å². The van der Waals surface area contributed by atoms with E-state index in [-0.39, 0.29) is 24.8 Å². The van der Waals surface area contributed by atoms with E-state index in [4.69, 9.17) is 44.8 Å². The molecule has 0 aromatic heterocycles. The maximum Gasteiger partial charge on any atom is 0.328 e. The molecule has 3 aromatic rings. The predicted octanol–water partition coefficient (Wildman–Crippen LogP) is 2.32. The van der Waals surface area contributed by atoms with Gasteiger partial charge in [0.2, 0.25) is 12.7 Å². The van der Waals surface area contributed by atoms with Crippen molar-refractivity contribution in [3.63, 3.8) is 0 Å². The van der Waals surface area contributed by atoms with Crippen LogP contribution in [0.15, 0.2) is 115 Å². The fourth-order valence-electron chi connectivity index (χ4n) is 6.43. The van der Waals surface area contributed by atoms with Crippen LogP contribution in [-0.4, -0.2) is 165 Å². The number of benzene rings is 3. The lowest BCUT2D eigenvalue weighted by Crippen LogP contribution is -2.58. The second-order valence-corrected chi connectivity index (χ2v) is 14.0. The monoisotopic (exact) mass is 904 g/mol. The van der Waals surface area contributed by atoms with E-state index in [0.717, 1.165) is 76.0 Å². The molecule has 1 amide bonds. The van der Waals surface area contributed by atoms with Crippen LogP contribution in [0.4, 0.5) is 0 Å². The van der Waals surface area contributed by atoms with Gasteiger partial charge >= 0.3 is 35.8 Å². The van der Waals surface area contributed by atoms with E-state index >= 15 is 0 Å². The number of fused-ring (bicyclic) bond motifs is 1. The van der Waals surface area contributed by atoms with Gasteiger partial charge in [-0.15, -0.1) is 0 Å². The highest BCUT2D eigenvalue weighted by Gasteiger charge is 2.33. The van der Waals surface area contributed by atoms with Crippen molar-refractivity contribution < 1.29 is 78.4 Å². The molecule has 1 atom stereocenters. The quantitative estimate of drug-likeness (QED) is 0.102. The first kappa shape index (κ1) is 52.0. The number of hydrogen-bond donors (Lipinski definition) is 7. The Bertz CT molecular complexity index is 1950. The largest absolute Gasteiger partial charge is 0.478 e. The minimum Gasteiger partial charge on any atom is -0.478 e. The average molecular weight is 905 g/mol. The van der Waals surface area contributed by atoms with Gasteiger partial charge in [-0.3, -0.25) is 14.6 Å². The second-order valence-electron chi connectivity index (χ2n) is 14.0. The van der Waals surface area contributed by atoms with Gasteiger partial charge in [-0.2, -0.15) is 0 Å². The summed E-state index contributed by atoms with van der Waals surface area (Å²) in [5.41, 5.74) is 3.44. The summed E-state index contributed by atoms with van der Waals surface area (Å²) in [6.07, 6.45) is 3.93. The third kappa shape index (κ3) is 20.6. The van der Waals surface area contributed by atoms with Gasteiger partial charge in [0.15, 0.2) is 11.5 Å². The maximum atomic E-state index is 13.8. The maximum absolute atomic E-state index is 13.8. The topological polar surface area (TPSA) is 290 Å². The van der Waals surface area contributed by atoms with E-state index < -0.39 is 35.8 Å². The molecule has 2 saturated heterocycles. The molecule has 3 aliphatic rings. The number of nitrogens with one attached hydrogen (secondary N) is 1. The van der Waals surface area contributed by atoms with Crippen molar-refractivity contribution in [2.45, 2.75) is 18.6 Å². The van der Waals surface area contributed by atoms with Gasteiger partial charge in [0.05, 0.1) is 12.6 Å². The lowest BCUT2D eigenvalue weighted by Gasteiger charge is -2.41. The molecule has 0 spiro atoms. The van der Waals surface area contributed by atoms with Gasteiger partial charge in [0.25, 0.3) is 0 Å². The van der Waals surface area contributed by atoms with E-state index in [0.29, 0.717) is 49.5 Å². The van der Waals surface area contributed by atoms with Gasteiger partial charge < -0.3 is 55.1 Å². The summed E-state index contributed by atoms with van der Waals surface area (Å²) < 4.78 is 17.6. The van der Waals surface area contributed by atoms with Crippen LogP contribution in [0.5, 0.6) is 11.5 Å². The smallest absolute Gasteiger partial charge is 0.328 e. The lowest BCUT2D eigenvalue weighted by atomic mass is 10.0. The molecular weight excluding hydrogens is 853 g/mol. The van der Waals surface area contributed by atoms with Crippen molar-refractivity contribution in [2.24, 2.45) is 0 Å². The molecule has 2 fully saturated rings. The number of amides is 1. The van der Waals surface area contributed by atoms with Crippen molar-refractivity contribution >= 4 is 41.7 Å². The molecule has 3 aliphatic heterocycles. The Morgan fingerprint density at radius 2 is 1.03 bits per heavy atom. The minimum absolute atomic E-state index is 0.0820. The molecule has 6 rings (SSSR count). The van der Waals surface area contributed by atoms with E-state index in [2.05, 4.69) is 69.7 Å². The third-order valence-corrected chi connectivity index (χ3v) is 9.43. The predicted molar refractivity (Wildman–Crippen MR) is 231 cm³/mol. The molecule has 0 radical (unpaired) electrons. The zero-order valence-electron chi connectivity index (χ0n) is 35.2. The number of carbonyl (C=O) groups excluding carboxylic acids is 1. The minimum atomic E-state index is -1.26. The Balaban J connectivity index is 0.000000383. The summed E-state index contributed by atoms with van der Waals surface area (Å²) in [4.78, 5) is 78.0. The summed E-state index contributed by atoms with van der Waals surface area (Å²) in [6.45, 7) is 8.53. The number of hydrogen-bond acceptors (Lipinski definition) is 13. The Kier molecular flexibility index (Phi) is 22.6. The van der Waals surface area contributed by atoms with Crippen molar-refractivity contribution in [2.75, 3.05) is 72.3 Å². The highest BCUT2D eigenvalue weighted by atomic mass is 16.7. The molecule has 20 nitrogen and oxygen atoms in total. The molecule has 65 heavy (non-hydrogen) atoms. The van der Waals surface area contributed by atoms with E-state index in [1.54, 1.807) is 0 Å². The van der Waals surface area contributed by atoms with Crippen molar-refractivity contribution in [3.8, 4) is 11.5 Å². The van der Waals surface area contributed by atoms with Crippen LogP contribution in [0, 0.1) is 0 Å². The molecule has 7 N–H and O–H groups in total. The van der Waals surface area contributed by atoms with E-state index in [1.165, 1.54) is 11.1 Å². The molecule has 0 saturated carbocycles. The molecule has 0 bridgehead atoms. The fraction of sp³-hybridized carbons (Fsp3) is 0.311. The van der Waals surface area contributed by atoms with Gasteiger partial charge in [-0.05, 0) is 35.2 Å². The molecule has 348 valence electrons. The van der Waals surface area contributed by atoms with E-state index in [1.807, 2.05) is 29.2 Å². The highest BCUT2D eigenvalue weighted by Crippen LogP contribution is 2.33. The van der Waals surface area contributed by atoms with Crippen molar-refractivity contribution in [3.05, 3.63) is 132 Å². The van der Waals surface area contributed by atoms with Crippen molar-refractivity contribution in [1.29, 1.82) is 0 Å². The molecule has 0 aliphatic carbocycles. The van der Waals surface area contributed by atoms with Gasteiger partial charge in [0.1, 0.15) is 6.10 Å². The second kappa shape index (κ2) is 28.3. The number of carbonyl (C=O) groups is 7. The van der Waals surface area contributed by atoms with Crippen LogP contribution in [-0.2, 0) is 44.7 Å². The number of carboxylic acids is 6. The molecule has 3 aromatic carbocycles. The van der Waals surface area contributed by atoms with Crippen LogP contribution in [0.1, 0.15) is 22.8 Å². The number of nitrogens with zero attached hydrogens (tertiary/aromatic N) is 3. The summed E-state index contributed by atoms with van der Waals surface area (Å²) >= 11 is 0. The number of ether oxygens (including phenoxy) is 3. The Hall–Kier alpha value is -7.39. The van der Waals surface area contributed by atoms with Crippen LogP contribution in [0.3, 0.4) is 0 Å². The van der Waals surface area contributed by atoms with Crippen molar-refractivity contribution in [1.82, 2.24) is 20.0 Å². The average Bonchev–Trinajstić information content (AvgIpc) is 3.77. The Morgan fingerprint density at radius 3 is 1.48 bits per heavy atom. The number of aliphatic carboxylic acids is 6. The number of piperazine rings is 2. The first-order valence-electron chi connectivity index (χ1n) is 20.1. The first-order valence-corrected chi connectivity index (χ1v) is 20.1. The third-order valence-electron chi connectivity index (χ3n) is 9.43. The fourth-order valence-corrected chi connectivity index (χ4v) is 6.43. The van der Waals surface area contributed by atoms with Crippen LogP contribution >= 0.6 is 0 Å². The first-order chi connectivity index (χ1) is 31.1. The standard InChI is InChI=1S/C33H40N4O4.3C4H4O4/c38-33(37-15-13-34-14-16-37)29(23-26-11-12-30-31(24-26)41-25-40-30)36-19-17-35(18-20-36)21-22-39-32(27-7-3-1-4-8-27)28-9-5-2-6-10-28;3*5-3(6)1-2-4(7)8/h1-12,24,29,32,34H,13-23,25H2;3*1-2H,(H,5,6)(H,7,8)/b;3*2-1-. The van der Waals surface area contributed by atoms with Gasteiger partial charge in [-0.25, -0.2) is 28.8 Å².